The number of dihydropyridines is 1. The first-order valence-electron chi connectivity index (χ1n) is 12.0. The fraction of sp³-hybridized carbons (Fsp3) is 0.241. The third-order valence-electron chi connectivity index (χ3n) is 6.82. The molecule has 1 aromatic heterocycles. The molecular weight excluding hydrogens is 481 g/mol. The Balaban J connectivity index is 1.61. The number of amides is 1. The maximum absolute atomic E-state index is 13.7. The highest BCUT2D eigenvalue weighted by molar-refractivity contribution is 6.09. The molecule has 37 heavy (non-hydrogen) atoms. The quantitative estimate of drug-likeness (QED) is 0.405. The lowest BCUT2D eigenvalue weighted by Gasteiger charge is -2.33. The largest absolute Gasteiger partial charge is 0.460 e. The van der Waals surface area contributed by atoms with Crippen LogP contribution in [0.5, 0.6) is 0 Å². The number of hydrogen-bond donors (Lipinski definition) is 2. The minimum atomic E-state index is -4.57. The number of ketones is 1. The Hall–Kier alpha value is -4.07. The highest BCUT2D eigenvalue weighted by Crippen LogP contribution is 2.45. The molecule has 0 saturated heterocycles. The Morgan fingerprint density at radius 1 is 1.00 bits per heavy atom. The molecule has 1 aliphatic heterocycles. The highest BCUT2D eigenvalue weighted by Gasteiger charge is 2.41. The molecule has 5 nitrogen and oxygen atoms in total. The Kier molecular flexibility index (Phi) is 6.27. The Morgan fingerprint density at radius 3 is 2.49 bits per heavy atom. The van der Waals surface area contributed by atoms with Gasteiger partial charge in [0, 0.05) is 34.6 Å². The predicted octanol–water partition coefficient (Wildman–Crippen LogP) is 6.88. The standard InChI is InChI=1S/C29H25F3N2O3/c1-16-8-3-6-11-20(16)34-28(36)25-17(2)33-21-12-7-13-22(35)26(21)27(25)24-15-14-23(37-24)18-9-4-5-10-19(18)29(30,31)32/h3-6,8-11,14-15,27,33H,7,12-13H2,1-2H3,(H,34,36). The maximum atomic E-state index is 13.7. The van der Waals surface area contributed by atoms with E-state index in [0.29, 0.717) is 41.8 Å². The molecule has 3 aromatic rings. The first-order chi connectivity index (χ1) is 17.6. The van der Waals surface area contributed by atoms with Gasteiger partial charge in [-0.15, -0.1) is 0 Å². The number of nitrogens with one attached hydrogen (secondary N) is 2. The molecule has 1 atom stereocenters. The number of anilines is 1. The summed E-state index contributed by atoms with van der Waals surface area (Å²) in [6.07, 6.45) is -2.93. The number of halogens is 3. The first kappa shape index (κ1) is 24.6. The van der Waals surface area contributed by atoms with Gasteiger partial charge in [0.15, 0.2) is 5.78 Å². The van der Waals surface area contributed by atoms with Gasteiger partial charge in [0.2, 0.25) is 0 Å². The second-order valence-corrected chi connectivity index (χ2v) is 9.28. The van der Waals surface area contributed by atoms with Gasteiger partial charge >= 0.3 is 6.18 Å². The van der Waals surface area contributed by atoms with Crippen LogP contribution in [0.2, 0.25) is 0 Å². The molecule has 1 amide bonds. The van der Waals surface area contributed by atoms with Crippen molar-refractivity contribution in [1.29, 1.82) is 0 Å². The van der Waals surface area contributed by atoms with E-state index in [1.807, 2.05) is 25.1 Å². The second-order valence-electron chi connectivity index (χ2n) is 9.28. The van der Waals surface area contributed by atoms with Crippen molar-refractivity contribution in [3.05, 3.63) is 100 Å². The van der Waals surface area contributed by atoms with Gasteiger partial charge in [-0.3, -0.25) is 9.59 Å². The number of benzene rings is 2. The van der Waals surface area contributed by atoms with Crippen LogP contribution in [0.4, 0.5) is 18.9 Å². The molecule has 2 heterocycles. The van der Waals surface area contributed by atoms with Crippen LogP contribution in [-0.4, -0.2) is 11.7 Å². The lowest BCUT2D eigenvalue weighted by Crippen LogP contribution is -2.35. The van der Waals surface area contributed by atoms with Crippen LogP contribution in [0.1, 0.15) is 49.0 Å². The summed E-state index contributed by atoms with van der Waals surface area (Å²) in [5.41, 5.74) is 2.58. The van der Waals surface area contributed by atoms with Crippen LogP contribution >= 0.6 is 0 Å². The summed E-state index contributed by atoms with van der Waals surface area (Å²) in [5.74, 6) is -1.11. The number of carbonyl (C=O) groups is 2. The average molecular weight is 507 g/mol. The molecule has 0 saturated carbocycles. The number of alkyl halides is 3. The number of furan rings is 1. The summed E-state index contributed by atoms with van der Waals surface area (Å²) in [4.78, 5) is 26.7. The molecule has 0 fully saturated rings. The topological polar surface area (TPSA) is 71.3 Å². The van der Waals surface area contributed by atoms with Crippen molar-refractivity contribution in [1.82, 2.24) is 5.32 Å². The Bertz CT molecular complexity index is 1460. The summed E-state index contributed by atoms with van der Waals surface area (Å²) in [7, 11) is 0. The molecule has 2 N–H and O–H groups in total. The lowest BCUT2D eigenvalue weighted by atomic mass is 9.77. The monoisotopic (exact) mass is 506 g/mol. The van der Waals surface area contributed by atoms with E-state index >= 15 is 0 Å². The van der Waals surface area contributed by atoms with Gasteiger partial charge in [0.25, 0.3) is 5.91 Å². The van der Waals surface area contributed by atoms with Gasteiger partial charge in [0.05, 0.1) is 17.1 Å². The zero-order valence-electron chi connectivity index (χ0n) is 20.3. The van der Waals surface area contributed by atoms with E-state index in [4.69, 9.17) is 4.42 Å². The van der Waals surface area contributed by atoms with Crippen molar-refractivity contribution < 1.29 is 27.2 Å². The van der Waals surface area contributed by atoms with Crippen LogP contribution in [-0.2, 0) is 15.8 Å². The third kappa shape index (κ3) is 4.59. The lowest BCUT2D eigenvalue weighted by molar-refractivity contribution is -0.137. The third-order valence-corrected chi connectivity index (χ3v) is 6.82. The fourth-order valence-corrected chi connectivity index (χ4v) is 5.07. The molecule has 0 radical (unpaired) electrons. The molecule has 5 rings (SSSR count). The van der Waals surface area contributed by atoms with E-state index in [0.717, 1.165) is 17.3 Å². The van der Waals surface area contributed by atoms with E-state index < -0.39 is 23.6 Å². The summed E-state index contributed by atoms with van der Waals surface area (Å²) in [6, 6.07) is 15.5. The highest BCUT2D eigenvalue weighted by atomic mass is 19.4. The first-order valence-corrected chi connectivity index (χ1v) is 12.0. The van der Waals surface area contributed by atoms with Crippen molar-refractivity contribution >= 4 is 17.4 Å². The van der Waals surface area contributed by atoms with Gasteiger partial charge in [-0.25, -0.2) is 0 Å². The van der Waals surface area contributed by atoms with E-state index in [2.05, 4.69) is 10.6 Å². The average Bonchev–Trinajstić information content (AvgIpc) is 3.34. The smallest absolute Gasteiger partial charge is 0.417 e. The van der Waals surface area contributed by atoms with Gasteiger partial charge < -0.3 is 15.1 Å². The van der Waals surface area contributed by atoms with E-state index in [1.54, 1.807) is 19.1 Å². The molecule has 2 aromatic carbocycles. The molecule has 1 unspecified atom stereocenters. The van der Waals surface area contributed by atoms with E-state index in [9.17, 15) is 22.8 Å². The molecule has 8 heteroatoms. The molecule has 0 bridgehead atoms. The van der Waals surface area contributed by atoms with Crippen LogP contribution < -0.4 is 10.6 Å². The molecular formula is C29H25F3N2O3. The molecule has 0 spiro atoms. The summed E-state index contributed by atoms with van der Waals surface area (Å²) in [5, 5.41) is 6.16. The van der Waals surface area contributed by atoms with Crippen LogP contribution in [0.3, 0.4) is 0 Å². The summed E-state index contributed by atoms with van der Waals surface area (Å²) < 4.78 is 47.0. The van der Waals surface area contributed by atoms with Crippen molar-refractivity contribution in [2.24, 2.45) is 0 Å². The van der Waals surface area contributed by atoms with Gasteiger partial charge in [-0.2, -0.15) is 13.2 Å². The van der Waals surface area contributed by atoms with Gasteiger partial charge in [-0.05, 0) is 56.5 Å². The van der Waals surface area contributed by atoms with E-state index in [1.165, 1.54) is 24.3 Å². The fourth-order valence-electron chi connectivity index (χ4n) is 5.07. The minimum Gasteiger partial charge on any atom is -0.460 e. The Morgan fingerprint density at radius 2 is 1.73 bits per heavy atom. The van der Waals surface area contributed by atoms with Crippen LogP contribution in [0.15, 0.2) is 87.6 Å². The molecule has 2 aliphatic rings. The van der Waals surface area contributed by atoms with Crippen molar-refractivity contribution in [3.8, 4) is 11.3 Å². The summed E-state index contributed by atoms with van der Waals surface area (Å²) >= 11 is 0. The molecule has 190 valence electrons. The zero-order chi connectivity index (χ0) is 26.3. The molecule has 1 aliphatic carbocycles. The van der Waals surface area contributed by atoms with Crippen molar-refractivity contribution in [2.75, 3.05) is 5.32 Å². The number of rotatable bonds is 4. The number of hydrogen-bond acceptors (Lipinski definition) is 4. The van der Waals surface area contributed by atoms with Crippen molar-refractivity contribution in [3.63, 3.8) is 0 Å². The van der Waals surface area contributed by atoms with Gasteiger partial charge in [-0.1, -0.05) is 36.4 Å². The number of allylic oxidation sites excluding steroid dienone is 3. The maximum Gasteiger partial charge on any atom is 0.417 e. The van der Waals surface area contributed by atoms with Crippen LogP contribution in [0.25, 0.3) is 11.3 Å². The van der Waals surface area contributed by atoms with Crippen molar-refractivity contribution in [2.45, 2.75) is 45.2 Å². The second kappa shape index (κ2) is 9.42. The number of carbonyl (C=O) groups excluding carboxylic acids is 2. The SMILES string of the molecule is CC1=C(C(=O)Nc2ccccc2C)C(c2ccc(-c3ccccc3C(F)(F)F)o2)C2=C(CCCC2=O)N1. The predicted molar refractivity (Wildman–Crippen MR) is 133 cm³/mol. The number of aryl methyl sites for hydroxylation is 1. The minimum absolute atomic E-state index is 0.0168. The zero-order valence-corrected chi connectivity index (χ0v) is 20.3. The normalized spacial score (nSPS) is 18.0. The van der Waals surface area contributed by atoms with Crippen LogP contribution in [0, 0.1) is 6.92 Å². The van der Waals surface area contributed by atoms with Gasteiger partial charge in [0.1, 0.15) is 11.5 Å². The Labute approximate surface area is 212 Å². The summed E-state index contributed by atoms with van der Waals surface area (Å²) in [6.45, 7) is 3.63. The number of para-hydroxylation sites is 1. The van der Waals surface area contributed by atoms with E-state index in [-0.39, 0.29) is 22.9 Å². The number of Topliss-reactive ketones (excluding diaryl/α,β-unsaturated/α-hetero) is 1.